The number of ketones is 2. The zero-order chi connectivity index (χ0) is 22.0. The van der Waals surface area contributed by atoms with Crippen LogP contribution in [0.25, 0.3) is 0 Å². The molecule has 6 nitrogen and oxygen atoms in total. The van der Waals surface area contributed by atoms with E-state index < -0.39 is 24.4 Å². The lowest BCUT2D eigenvalue weighted by Crippen LogP contribution is -2.37. The van der Waals surface area contributed by atoms with E-state index in [4.69, 9.17) is 4.74 Å². The van der Waals surface area contributed by atoms with Gasteiger partial charge < -0.3 is 10.1 Å². The predicted octanol–water partition coefficient (Wildman–Crippen LogP) is 3.92. The van der Waals surface area contributed by atoms with Crippen LogP contribution >= 0.6 is 0 Å². The zero-order valence-electron chi connectivity index (χ0n) is 17.4. The highest BCUT2D eigenvalue weighted by molar-refractivity contribution is 6.01. The maximum atomic E-state index is 13.1. The number of benzene rings is 2. The van der Waals surface area contributed by atoms with Gasteiger partial charge in [0.15, 0.2) is 18.2 Å². The van der Waals surface area contributed by atoms with Crippen LogP contribution in [0.2, 0.25) is 0 Å². The molecule has 2 aromatic carbocycles. The minimum atomic E-state index is -0.492. The van der Waals surface area contributed by atoms with Crippen LogP contribution in [0.3, 0.4) is 0 Å². The summed E-state index contributed by atoms with van der Waals surface area (Å²) in [5.41, 5.74) is 1.68. The van der Waals surface area contributed by atoms with Crippen LogP contribution in [0.4, 0.5) is 5.69 Å². The van der Waals surface area contributed by atoms with Gasteiger partial charge in [-0.1, -0.05) is 30.3 Å². The number of fused-ring (bicyclic) bond motifs is 2. The van der Waals surface area contributed by atoms with Crippen LogP contribution in [0.15, 0.2) is 54.6 Å². The fraction of sp³-hybridized carbons (Fsp3) is 0.360. The standard InChI is InChI=1S/C25H25NO5/c1-15(27)16-9-11-20(12-10-16)26-21(28)14-31-25(30)23-19-8-7-18(13-19)22(23)24(29)17-5-3-2-4-6-17/h2-6,9-12,18-19,22-23H,7-8,13-14H2,1H3,(H,26,28)/t18-,19+,22-,23-/m0/s1. The lowest BCUT2D eigenvalue weighted by atomic mass is 9.75. The van der Waals surface area contributed by atoms with Gasteiger partial charge in [-0.15, -0.1) is 0 Å². The molecule has 31 heavy (non-hydrogen) atoms. The zero-order valence-corrected chi connectivity index (χ0v) is 17.4. The van der Waals surface area contributed by atoms with Crippen molar-refractivity contribution in [2.45, 2.75) is 26.2 Å². The molecule has 1 amide bonds. The minimum absolute atomic E-state index is 0.00948. The van der Waals surface area contributed by atoms with Crippen molar-refractivity contribution in [1.82, 2.24) is 0 Å². The smallest absolute Gasteiger partial charge is 0.310 e. The maximum Gasteiger partial charge on any atom is 0.310 e. The molecule has 2 fully saturated rings. The number of esters is 1. The highest BCUT2D eigenvalue weighted by Crippen LogP contribution is 2.53. The SMILES string of the molecule is CC(=O)c1ccc(NC(=O)COC(=O)[C@H]2[C@@H]3CC[C@@H](C3)[C@@H]2C(=O)c2ccccc2)cc1. The summed E-state index contributed by atoms with van der Waals surface area (Å²) in [6.07, 6.45) is 2.73. The first-order valence-electron chi connectivity index (χ1n) is 10.6. The van der Waals surface area contributed by atoms with Gasteiger partial charge in [-0.3, -0.25) is 19.2 Å². The number of nitrogens with one attached hydrogen (secondary N) is 1. The molecule has 0 spiro atoms. The molecule has 0 heterocycles. The van der Waals surface area contributed by atoms with Crippen LogP contribution in [0.1, 0.15) is 46.9 Å². The molecule has 1 N–H and O–H groups in total. The summed E-state index contributed by atoms with van der Waals surface area (Å²) in [4.78, 5) is 49.5. The van der Waals surface area contributed by atoms with Gasteiger partial charge in [0.25, 0.3) is 5.91 Å². The lowest BCUT2D eigenvalue weighted by Gasteiger charge is -2.28. The van der Waals surface area contributed by atoms with E-state index >= 15 is 0 Å². The molecule has 0 radical (unpaired) electrons. The largest absolute Gasteiger partial charge is 0.455 e. The fourth-order valence-corrected chi connectivity index (χ4v) is 5.02. The molecular weight excluding hydrogens is 394 g/mol. The Labute approximate surface area is 181 Å². The third kappa shape index (κ3) is 4.43. The Kier molecular flexibility index (Phi) is 5.98. The van der Waals surface area contributed by atoms with E-state index in [1.165, 1.54) is 6.92 Å². The van der Waals surface area contributed by atoms with E-state index in [1.807, 2.05) is 18.2 Å². The van der Waals surface area contributed by atoms with Gasteiger partial charge in [0.2, 0.25) is 0 Å². The Hall–Kier alpha value is -3.28. The molecule has 2 aliphatic rings. The summed E-state index contributed by atoms with van der Waals surface area (Å²) < 4.78 is 5.33. The Balaban J connectivity index is 1.37. The van der Waals surface area contributed by atoms with Crippen LogP contribution in [-0.2, 0) is 14.3 Å². The van der Waals surface area contributed by atoms with Crippen LogP contribution < -0.4 is 5.32 Å². The molecule has 0 aliphatic heterocycles. The number of rotatable bonds is 7. The average Bonchev–Trinajstić information content (AvgIpc) is 3.40. The van der Waals surface area contributed by atoms with Crippen molar-refractivity contribution >= 4 is 29.1 Å². The summed E-state index contributed by atoms with van der Waals surface area (Å²) in [6.45, 7) is 1.06. The number of Topliss-reactive ketones (excluding diaryl/α,β-unsaturated/α-hetero) is 2. The summed E-state index contributed by atoms with van der Waals surface area (Å²) in [5.74, 6) is -1.53. The van der Waals surface area contributed by atoms with Gasteiger partial charge in [0.1, 0.15) is 0 Å². The number of hydrogen-bond acceptors (Lipinski definition) is 5. The highest BCUT2D eigenvalue weighted by Gasteiger charge is 2.54. The van der Waals surface area contributed by atoms with Crippen LogP contribution in [-0.4, -0.2) is 30.0 Å². The molecule has 0 aromatic heterocycles. The van der Waals surface area contributed by atoms with Gasteiger partial charge in [-0.05, 0) is 62.3 Å². The molecule has 0 saturated heterocycles. The number of hydrogen-bond donors (Lipinski definition) is 1. The van der Waals surface area contributed by atoms with Crippen molar-refractivity contribution in [2.75, 3.05) is 11.9 Å². The second kappa shape index (κ2) is 8.84. The normalized spacial score (nSPS) is 23.9. The summed E-state index contributed by atoms with van der Waals surface area (Å²) in [7, 11) is 0. The first-order chi connectivity index (χ1) is 14.9. The van der Waals surface area contributed by atoms with Crippen molar-refractivity contribution in [1.29, 1.82) is 0 Å². The summed E-state index contributed by atoms with van der Waals surface area (Å²) in [5, 5.41) is 2.65. The lowest BCUT2D eigenvalue weighted by molar-refractivity contribution is -0.154. The van der Waals surface area contributed by atoms with Crippen LogP contribution in [0.5, 0.6) is 0 Å². The third-order valence-corrected chi connectivity index (χ3v) is 6.47. The van der Waals surface area contributed by atoms with Gasteiger partial charge in [0.05, 0.1) is 5.92 Å². The highest BCUT2D eigenvalue weighted by atomic mass is 16.5. The molecule has 0 unspecified atom stereocenters. The molecular formula is C25H25NO5. The number of carbonyl (C=O) groups is 4. The number of amides is 1. The Morgan fingerprint density at radius 1 is 0.871 bits per heavy atom. The maximum absolute atomic E-state index is 13.1. The molecule has 4 atom stereocenters. The van der Waals surface area contributed by atoms with Crippen molar-refractivity contribution < 1.29 is 23.9 Å². The second-order valence-corrected chi connectivity index (χ2v) is 8.40. The van der Waals surface area contributed by atoms with Crippen molar-refractivity contribution in [3.63, 3.8) is 0 Å². The topological polar surface area (TPSA) is 89.5 Å². The Morgan fingerprint density at radius 3 is 2.16 bits per heavy atom. The van der Waals surface area contributed by atoms with Gasteiger partial charge in [-0.25, -0.2) is 0 Å². The van der Waals surface area contributed by atoms with Crippen molar-refractivity contribution in [2.24, 2.45) is 23.7 Å². The molecule has 2 aromatic rings. The predicted molar refractivity (Wildman–Crippen MR) is 115 cm³/mol. The minimum Gasteiger partial charge on any atom is -0.455 e. The number of ether oxygens (including phenoxy) is 1. The first kappa shape index (κ1) is 21.0. The molecule has 6 heteroatoms. The Bertz CT molecular complexity index is 998. The average molecular weight is 419 g/mol. The quantitative estimate of drug-likeness (QED) is 0.543. The van der Waals surface area contributed by atoms with Crippen molar-refractivity contribution in [3.8, 4) is 0 Å². The molecule has 2 saturated carbocycles. The molecule has 4 rings (SSSR count). The van der Waals surface area contributed by atoms with Gasteiger partial charge in [0, 0.05) is 22.7 Å². The van der Waals surface area contributed by atoms with E-state index in [1.54, 1.807) is 36.4 Å². The monoisotopic (exact) mass is 419 g/mol. The second-order valence-electron chi connectivity index (χ2n) is 8.40. The molecule has 160 valence electrons. The third-order valence-electron chi connectivity index (χ3n) is 6.47. The van der Waals surface area contributed by atoms with E-state index in [0.29, 0.717) is 16.8 Å². The number of carbonyl (C=O) groups excluding carboxylic acids is 4. The fourth-order valence-electron chi connectivity index (χ4n) is 5.02. The van der Waals surface area contributed by atoms with Crippen molar-refractivity contribution in [3.05, 3.63) is 65.7 Å². The first-order valence-corrected chi connectivity index (χ1v) is 10.6. The summed E-state index contributed by atoms with van der Waals surface area (Å²) >= 11 is 0. The molecule has 2 bridgehead atoms. The van der Waals surface area contributed by atoms with E-state index in [0.717, 1.165) is 19.3 Å². The molecule has 2 aliphatic carbocycles. The summed E-state index contributed by atoms with van der Waals surface area (Å²) in [6, 6.07) is 15.6. The Morgan fingerprint density at radius 2 is 1.52 bits per heavy atom. The van der Waals surface area contributed by atoms with E-state index in [2.05, 4.69) is 5.32 Å². The van der Waals surface area contributed by atoms with E-state index in [-0.39, 0.29) is 29.3 Å². The van der Waals surface area contributed by atoms with Gasteiger partial charge >= 0.3 is 5.97 Å². The van der Waals surface area contributed by atoms with Crippen LogP contribution in [0, 0.1) is 23.7 Å². The number of anilines is 1. The van der Waals surface area contributed by atoms with Gasteiger partial charge in [-0.2, -0.15) is 0 Å². The van der Waals surface area contributed by atoms with E-state index in [9.17, 15) is 19.2 Å².